The molecule has 0 aromatic rings. The van der Waals surface area contributed by atoms with Crippen molar-refractivity contribution in [3.8, 4) is 0 Å². The minimum atomic E-state index is -0.595. The second-order valence-electron chi connectivity index (χ2n) is 6.31. The highest BCUT2D eigenvalue weighted by Gasteiger charge is 2.28. The van der Waals surface area contributed by atoms with Crippen LogP contribution in [0.3, 0.4) is 0 Å². The van der Waals surface area contributed by atoms with Crippen LogP contribution in [0.2, 0.25) is 0 Å². The second-order valence-corrected chi connectivity index (χ2v) is 6.31. The van der Waals surface area contributed by atoms with Gasteiger partial charge in [-0.3, -0.25) is 0 Å². The van der Waals surface area contributed by atoms with Crippen LogP contribution in [0.4, 0.5) is 4.79 Å². The Labute approximate surface area is 144 Å². The number of hydrogen-bond donors (Lipinski definition) is 2. The molecule has 1 saturated heterocycles. The average molecular weight is 349 g/mol. The van der Waals surface area contributed by atoms with E-state index in [4.69, 9.17) is 9.47 Å². The number of esters is 1. The summed E-state index contributed by atoms with van der Waals surface area (Å²) in [4.78, 5) is 23.9. The fourth-order valence-corrected chi connectivity index (χ4v) is 3.35. The van der Waals surface area contributed by atoms with Crippen molar-refractivity contribution in [1.82, 2.24) is 10.6 Å². The van der Waals surface area contributed by atoms with Gasteiger partial charge < -0.3 is 20.1 Å². The number of piperidine rings is 1. The highest BCUT2D eigenvalue weighted by Crippen LogP contribution is 2.27. The van der Waals surface area contributed by atoms with Crippen molar-refractivity contribution in [2.75, 3.05) is 20.2 Å². The Morgan fingerprint density at radius 2 is 1.78 bits per heavy atom. The summed E-state index contributed by atoms with van der Waals surface area (Å²) in [5, 5.41) is 5.93. The van der Waals surface area contributed by atoms with E-state index in [2.05, 4.69) is 10.6 Å². The van der Waals surface area contributed by atoms with Gasteiger partial charge in [-0.05, 0) is 38.3 Å². The van der Waals surface area contributed by atoms with E-state index in [-0.39, 0.29) is 24.5 Å². The van der Waals surface area contributed by atoms with Crippen molar-refractivity contribution in [2.24, 2.45) is 5.92 Å². The minimum absolute atomic E-state index is 0. The first kappa shape index (κ1) is 20.0. The number of carbonyl (C=O) groups is 2. The molecule has 0 bridgehead atoms. The quantitative estimate of drug-likeness (QED) is 0.746. The normalized spacial score (nSPS) is 20.9. The molecule has 23 heavy (non-hydrogen) atoms. The van der Waals surface area contributed by atoms with Gasteiger partial charge in [0.2, 0.25) is 0 Å². The number of halogens is 1. The molecule has 2 N–H and O–H groups in total. The summed E-state index contributed by atoms with van der Waals surface area (Å²) in [7, 11) is 1.36. The van der Waals surface area contributed by atoms with Gasteiger partial charge in [-0.25, -0.2) is 9.59 Å². The van der Waals surface area contributed by atoms with E-state index in [9.17, 15) is 9.59 Å². The lowest BCUT2D eigenvalue weighted by Gasteiger charge is -2.27. The Balaban J connectivity index is 0.00000264. The molecule has 2 aliphatic rings. The van der Waals surface area contributed by atoms with Gasteiger partial charge in [0, 0.05) is 0 Å². The van der Waals surface area contributed by atoms with Gasteiger partial charge in [-0.1, -0.05) is 32.1 Å². The molecule has 1 aliphatic carbocycles. The molecule has 7 heteroatoms. The largest absolute Gasteiger partial charge is 0.467 e. The Kier molecular flexibility index (Phi) is 9.33. The molecular weight excluding hydrogens is 320 g/mol. The molecule has 134 valence electrons. The number of amides is 1. The fraction of sp³-hybridized carbons (Fsp3) is 0.875. The molecule has 6 nitrogen and oxygen atoms in total. The first-order valence-electron chi connectivity index (χ1n) is 8.44. The molecular formula is C16H29ClN2O4. The predicted octanol–water partition coefficient (Wildman–Crippen LogP) is 2.40. The van der Waals surface area contributed by atoms with Crippen molar-refractivity contribution in [3.05, 3.63) is 0 Å². The van der Waals surface area contributed by atoms with Crippen LogP contribution in [0.1, 0.15) is 51.4 Å². The van der Waals surface area contributed by atoms with E-state index in [0.717, 1.165) is 38.8 Å². The summed E-state index contributed by atoms with van der Waals surface area (Å²) in [5.41, 5.74) is 0. The summed E-state index contributed by atoms with van der Waals surface area (Å²) < 4.78 is 10.2. The average Bonchev–Trinajstić information content (AvgIpc) is 2.55. The third-order valence-electron chi connectivity index (χ3n) is 4.63. The van der Waals surface area contributed by atoms with Gasteiger partial charge in [0.1, 0.15) is 12.1 Å². The van der Waals surface area contributed by atoms with Crippen molar-refractivity contribution in [1.29, 1.82) is 0 Å². The van der Waals surface area contributed by atoms with Gasteiger partial charge >= 0.3 is 12.1 Å². The zero-order valence-corrected chi connectivity index (χ0v) is 14.7. The van der Waals surface area contributed by atoms with E-state index in [0.29, 0.717) is 12.3 Å². The van der Waals surface area contributed by atoms with Crippen LogP contribution in [0.15, 0.2) is 0 Å². The zero-order chi connectivity index (χ0) is 15.8. The standard InChI is InChI=1S/C16H28N2O4.ClH/c1-21-15(19)14(11-12-5-3-2-4-6-12)18-16(20)22-13-7-9-17-10-8-13;/h12-14,17H,2-11H2,1H3,(H,18,20);1H/t14-;/m0./s1. The minimum Gasteiger partial charge on any atom is -0.467 e. The van der Waals surface area contributed by atoms with Crippen LogP contribution in [0, 0.1) is 5.92 Å². The molecule has 1 saturated carbocycles. The molecule has 1 heterocycles. The first-order valence-corrected chi connectivity index (χ1v) is 8.44. The van der Waals surface area contributed by atoms with E-state index in [1.165, 1.54) is 26.4 Å². The molecule has 1 amide bonds. The first-order chi connectivity index (χ1) is 10.7. The van der Waals surface area contributed by atoms with Gasteiger partial charge in [-0.2, -0.15) is 0 Å². The number of carbonyl (C=O) groups excluding carboxylic acids is 2. The van der Waals surface area contributed by atoms with Gasteiger partial charge in [0.25, 0.3) is 0 Å². The van der Waals surface area contributed by atoms with Crippen LogP contribution in [-0.4, -0.2) is 44.4 Å². The topological polar surface area (TPSA) is 76.7 Å². The van der Waals surface area contributed by atoms with Crippen LogP contribution in [0.25, 0.3) is 0 Å². The fourth-order valence-electron chi connectivity index (χ4n) is 3.35. The number of hydrogen-bond acceptors (Lipinski definition) is 5. The predicted molar refractivity (Wildman–Crippen MR) is 89.8 cm³/mol. The Morgan fingerprint density at radius 3 is 2.39 bits per heavy atom. The van der Waals surface area contributed by atoms with Crippen LogP contribution in [0.5, 0.6) is 0 Å². The van der Waals surface area contributed by atoms with Gasteiger partial charge in [0.15, 0.2) is 0 Å². The zero-order valence-electron chi connectivity index (χ0n) is 13.8. The lowest BCUT2D eigenvalue weighted by molar-refractivity contribution is -0.143. The number of methoxy groups -OCH3 is 1. The number of rotatable bonds is 5. The van der Waals surface area contributed by atoms with Crippen LogP contribution in [-0.2, 0) is 14.3 Å². The van der Waals surface area contributed by atoms with Crippen LogP contribution < -0.4 is 10.6 Å². The molecule has 0 radical (unpaired) electrons. The van der Waals surface area contributed by atoms with E-state index in [1.807, 2.05) is 0 Å². The van der Waals surface area contributed by atoms with E-state index < -0.39 is 12.1 Å². The molecule has 1 atom stereocenters. The monoisotopic (exact) mass is 348 g/mol. The molecule has 2 fully saturated rings. The molecule has 0 aromatic carbocycles. The molecule has 0 aromatic heterocycles. The molecule has 0 spiro atoms. The van der Waals surface area contributed by atoms with Crippen molar-refractivity contribution < 1.29 is 19.1 Å². The van der Waals surface area contributed by atoms with Crippen molar-refractivity contribution >= 4 is 24.5 Å². The summed E-state index contributed by atoms with van der Waals surface area (Å²) in [6.45, 7) is 1.72. The summed E-state index contributed by atoms with van der Waals surface area (Å²) >= 11 is 0. The summed E-state index contributed by atoms with van der Waals surface area (Å²) in [5.74, 6) is 0.102. The lowest BCUT2D eigenvalue weighted by atomic mass is 9.85. The third-order valence-corrected chi connectivity index (χ3v) is 4.63. The molecule has 2 rings (SSSR count). The van der Waals surface area contributed by atoms with Gasteiger partial charge in [-0.15, -0.1) is 12.4 Å². The maximum Gasteiger partial charge on any atom is 0.408 e. The second kappa shape index (κ2) is 10.7. The Morgan fingerprint density at radius 1 is 1.13 bits per heavy atom. The number of ether oxygens (including phenoxy) is 2. The number of nitrogens with one attached hydrogen (secondary N) is 2. The Bertz CT molecular complexity index is 369. The van der Waals surface area contributed by atoms with E-state index in [1.54, 1.807) is 0 Å². The summed E-state index contributed by atoms with van der Waals surface area (Å²) in [6, 6.07) is -0.595. The van der Waals surface area contributed by atoms with Crippen LogP contribution >= 0.6 is 12.4 Å². The maximum absolute atomic E-state index is 12.0. The Hall–Kier alpha value is -1.01. The highest BCUT2D eigenvalue weighted by atomic mass is 35.5. The number of alkyl carbamates (subject to hydrolysis) is 1. The molecule has 0 unspecified atom stereocenters. The smallest absolute Gasteiger partial charge is 0.408 e. The maximum atomic E-state index is 12.0. The van der Waals surface area contributed by atoms with E-state index >= 15 is 0 Å². The lowest BCUT2D eigenvalue weighted by Crippen LogP contribution is -2.45. The molecule has 1 aliphatic heterocycles. The van der Waals surface area contributed by atoms with Gasteiger partial charge in [0.05, 0.1) is 7.11 Å². The van der Waals surface area contributed by atoms with Crippen molar-refractivity contribution in [3.63, 3.8) is 0 Å². The highest BCUT2D eigenvalue weighted by molar-refractivity contribution is 5.85. The third kappa shape index (κ3) is 6.96. The SMILES string of the molecule is COC(=O)[C@H](CC1CCCCC1)NC(=O)OC1CCNCC1.Cl. The van der Waals surface area contributed by atoms with Crippen molar-refractivity contribution in [2.45, 2.75) is 63.5 Å². The summed E-state index contributed by atoms with van der Waals surface area (Å²) in [6.07, 6.45) is 7.65.